The van der Waals surface area contributed by atoms with Crippen molar-refractivity contribution in [2.75, 3.05) is 12.4 Å². The second kappa shape index (κ2) is 9.21. The lowest BCUT2D eigenvalue weighted by Crippen LogP contribution is -2.14. The topological polar surface area (TPSA) is 71.3 Å². The monoisotopic (exact) mass is 412 g/mol. The standard InChI is InChI=1S/C18H12Cl2F2N2O3/c1-26-15-4-2-3-10(16(15)27-18(21)22)7-11(9-23)17(25)24-14-8-12(19)5-6-13(14)20/h2-8,18H,1H3,(H,24,25)/b11-7+. The summed E-state index contributed by atoms with van der Waals surface area (Å²) in [5.74, 6) is -1.07. The van der Waals surface area contributed by atoms with Gasteiger partial charge >= 0.3 is 6.61 Å². The molecule has 0 aliphatic heterocycles. The molecule has 2 rings (SSSR count). The Morgan fingerprint density at radius 1 is 1.30 bits per heavy atom. The van der Waals surface area contributed by atoms with E-state index in [4.69, 9.17) is 27.9 Å². The van der Waals surface area contributed by atoms with Crippen molar-refractivity contribution in [1.82, 2.24) is 0 Å². The molecule has 0 spiro atoms. The number of alkyl halides is 2. The second-order valence-corrected chi connectivity index (χ2v) is 5.85. The normalized spacial score (nSPS) is 11.1. The Balaban J connectivity index is 2.39. The Labute approximate surface area is 163 Å². The molecule has 0 radical (unpaired) electrons. The van der Waals surface area contributed by atoms with Crippen LogP contribution in [0.5, 0.6) is 11.5 Å². The van der Waals surface area contributed by atoms with Crippen molar-refractivity contribution in [3.05, 3.63) is 57.6 Å². The minimum atomic E-state index is -3.11. The number of hydrogen-bond donors (Lipinski definition) is 1. The van der Waals surface area contributed by atoms with Crippen LogP contribution in [0.1, 0.15) is 5.56 Å². The van der Waals surface area contributed by atoms with Gasteiger partial charge in [-0.15, -0.1) is 0 Å². The number of anilines is 1. The van der Waals surface area contributed by atoms with Crippen LogP contribution in [-0.2, 0) is 4.79 Å². The Morgan fingerprint density at radius 3 is 2.67 bits per heavy atom. The van der Waals surface area contributed by atoms with Gasteiger partial charge in [-0.3, -0.25) is 4.79 Å². The number of carbonyl (C=O) groups is 1. The quantitative estimate of drug-likeness (QED) is 0.525. The molecule has 0 heterocycles. The van der Waals surface area contributed by atoms with Crippen molar-refractivity contribution in [1.29, 1.82) is 5.26 Å². The summed E-state index contributed by atoms with van der Waals surface area (Å²) in [6.07, 6.45) is 1.11. The number of nitriles is 1. The van der Waals surface area contributed by atoms with E-state index in [1.165, 1.54) is 43.5 Å². The average Bonchev–Trinajstić information content (AvgIpc) is 2.63. The summed E-state index contributed by atoms with van der Waals surface area (Å²) in [6, 6.07) is 10.4. The van der Waals surface area contributed by atoms with E-state index in [2.05, 4.69) is 10.1 Å². The number of methoxy groups -OCH3 is 1. The van der Waals surface area contributed by atoms with Gasteiger partial charge in [0, 0.05) is 10.6 Å². The molecule has 0 atom stereocenters. The van der Waals surface area contributed by atoms with Crippen LogP contribution >= 0.6 is 23.2 Å². The Morgan fingerprint density at radius 2 is 2.04 bits per heavy atom. The molecule has 0 saturated carbocycles. The lowest BCUT2D eigenvalue weighted by atomic mass is 10.1. The van der Waals surface area contributed by atoms with Crippen molar-refractivity contribution in [2.24, 2.45) is 0 Å². The molecule has 1 amide bonds. The summed E-state index contributed by atoms with van der Waals surface area (Å²) in [7, 11) is 1.28. The summed E-state index contributed by atoms with van der Waals surface area (Å²) in [5, 5.41) is 12.3. The van der Waals surface area contributed by atoms with E-state index in [0.717, 1.165) is 6.08 Å². The van der Waals surface area contributed by atoms with Crippen molar-refractivity contribution in [2.45, 2.75) is 6.61 Å². The third-order valence-corrected chi connectivity index (χ3v) is 3.84. The van der Waals surface area contributed by atoms with Gasteiger partial charge in [0.2, 0.25) is 0 Å². The molecule has 0 aliphatic carbocycles. The van der Waals surface area contributed by atoms with Crippen LogP contribution in [0.15, 0.2) is 42.0 Å². The second-order valence-electron chi connectivity index (χ2n) is 5.01. The van der Waals surface area contributed by atoms with Crippen LogP contribution in [-0.4, -0.2) is 19.6 Å². The van der Waals surface area contributed by atoms with Gasteiger partial charge < -0.3 is 14.8 Å². The fourth-order valence-electron chi connectivity index (χ4n) is 2.11. The highest BCUT2D eigenvalue weighted by atomic mass is 35.5. The summed E-state index contributed by atoms with van der Waals surface area (Å²) in [6.45, 7) is -3.11. The van der Waals surface area contributed by atoms with Crippen LogP contribution in [0.4, 0.5) is 14.5 Å². The molecular formula is C18H12Cl2F2N2O3. The summed E-state index contributed by atoms with van der Waals surface area (Å²) in [4.78, 5) is 12.4. The van der Waals surface area contributed by atoms with Crippen LogP contribution in [0.25, 0.3) is 6.08 Å². The number of nitrogens with zero attached hydrogens (tertiary/aromatic N) is 1. The number of nitrogens with one attached hydrogen (secondary N) is 1. The number of halogens is 4. The molecular weight excluding hydrogens is 401 g/mol. The van der Waals surface area contributed by atoms with E-state index in [9.17, 15) is 18.8 Å². The van der Waals surface area contributed by atoms with Crippen LogP contribution < -0.4 is 14.8 Å². The lowest BCUT2D eigenvalue weighted by Gasteiger charge is -2.13. The van der Waals surface area contributed by atoms with E-state index in [1.807, 2.05) is 0 Å². The molecule has 140 valence electrons. The maximum absolute atomic E-state index is 12.7. The van der Waals surface area contributed by atoms with Gasteiger partial charge in [0.15, 0.2) is 11.5 Å². The number of benzene rings is 2. The van der Waals surface area contributed by atoms with Crippen molar-refractivity contribution < 1.29 is 23.0 Å². The number of para-hydroxylation sites is 1. The number of rotatable bonds is 6. The van der Waals surface area contributed by atoms with Gasteiger partial charge in [-0.1, -0.05) is 35.3 Å². The zero-order valence-electron chi connectivity index (χ0n) is 13.8. The largest absolute Gasteiger partial charge is 0.493 e. The average molecular weight is 413 g/mol. The molecule has 2 aromatic rings. The minimum absolute atomic E-state index is 0.0274. The Kier molecular flexibility index (Phi) is 6.99. The zero-order chi connectivity index (χ0) is 20.0. The first-order valence-corrected chi connectivity index (χ1v) is 8.11. The van der Waals surface area contributed by atoms with Gasteiger partial charge in [-0.25, -0.2) is 0 Å². The Hall–Kier alpha value is -2.82. The highest BCUT2D eigenvalue weighted by molar-refractivity contribution is 6.36. The molecule has 2 aromatic carbocycles. The molecule has 9 heteroatoms. The van der Waals surface area contributed by atoms with E-state index < -0.39 is 12.5 Å². The van der Waals surface area contributed by atoms with Crippen LogP contribution in [0, 0.1) is 11.3 Å². The third kappa shape index (κ3) is 5.33. The van der Waals surface area contributed by atoms with E-state index in [1.54, 1.807) is 6.07 Å². The van der Waals surface area contributed by atoms with Gasteiger partial charge in [-0.05, 0) is 30.3 Å². The fraction of sp³-hybridized carbons (Fsp3) is 0.111. The third-order valence-electron chi connectivity index (χ3n) is 3.28. The summed E-state index contributed by atoms with van der Waals surface area (Å²) < 4.78 is 34.8. The fourth-order valence-corrected chi connectivity index (χ4v) is 2.45. The molecule has 0 unspecified atom stereocenters. The van der Waals surface area contributed by atoms with E-state index >= 15 is 0 Å². The van der Waals surface area contributed by atoms with Gasteiger partial charge in [0.05, 0.1) is 17.8 Å². The molecule has 0 fully saturated rings. The SMILES string of the molecule is COc1cccc(/C=C(\C#N)C(=O)Nc2cc(Cl)ccc2Cl)c1OC(F)F. The highest BCUT2D eigenvalue weighted by Gasteiger charge is 2.17. The van der Waals surface area contributed by atoms with Crippen LogP contribution in [0.3, 0.4) is 0 Å². The predicted octanol–water partition coefficient (Wildman–Crippen LogP) is 5.15. The molecule has 0 bridgehead atoms. The Bertz CT molecular complexity index is 927. The first kappa shape index (κ1) is 20.5. The molecule has 5 nitrogen and oxygen atoms in total. The van der Waals surface area contributed by atoms with Crippen molar-refractivity contribution in [3.63, 3.8) is 0 Å². The zero-order valence-corrected chi connectivity index (χ0v) is 15.3. The molecule has 0 saturated heterocycles. The predicted molar refractivity (Wildman–Crippen MR) is 98.3 cm³/mol. The minimum Gasteiger partial charge on any atom is -0.493 e. The maximum Gasteiger partial charge on any atom is 0.387 e. The number of ether oxygens (including phenoxy) is 2. The summed E-state index contributed by atoms with van der Waals surface area (Å²) in [5.41, 5.74) is -0.0954. The van der Waals surface area contributed by atoms with Gasteiger partial charge in [-0.2, -0.15) is 14.0 Å². The number of carbonyl (C=O) groups excluding carboxylic acids is 1. The summed E-state index contributed by atoms with van der Waals surface area (Å²) >= 11 is 11.8. The first-order chi connectivity index (χ1) is 12.8. The van der Waals surface area contributed by atoms with Crippen molar-refractivity contribution >= 4 is 40.9 Å². The van der Waals surface area contributed by atoms with Gasteiger partial charge in [0.25, 0.3) is 5.91 Å². The van der Waals surface area contributed by atoms with Gasteiger partial charge in [0.1, 0.15) is 11.6 Å². The van der Waals surface area contributed by atoms with E-state index in [-0.39, 0.29) is 33.3 Å². The van der Waals surface area contributed by atoms with Crippen LogP contribution in [0.2, 0.25) is 10.0 Å². The number of hydrogen-bond acceptors (Lipinski definition) is 4. The first-order valence-electron chi connectivity index (χ1n) is 7.35. The number of amides is 1. The van der Waals surface area contributed by atoms with E-state index in [0.29, 0.717) is 5.02 Å². The molecule has 1 N–H and O–H groups in total. The lowest BCUT2D eigenvalue weighted by molar-refractivity contribution is -0.112. The molecule has 0 aliphatic rings. The highest BCUT2D eigenvalue weighted by Crippen LogP contribution is 2.34. The van der Waals surface area contributed by atoms with Crippen molar-refractivity contribution in [3.8, 4) is 17.6 Å². The molecule has 0 aromatic heterocycles. The smallest absolute Gasteiger partial charge is 0.387 e. The molecule has 27 heavy (non-hydrogen) atoms. The maximum atomic E-state index is 12.7.